The van der Waals surface area contributed by atoms with Gasteiger partial charge < -0.3 is 4.90 Å². The van der Waals surface area contributed by atoms with Crippen LogP contribution in [0.3, 0.4) is 0 Å². The molecule has 20 heavy (non-hydrogen) atoms. The molecule has 0 amide bonds. The molecule has 0 spiro atoms. The van der Waals surface area contributed by atoms with Crippen LogP contribution in [0.5, 0.6) is 0 Å². The largest absolute Gasteiger partial charge is 0.332 e. The molecule has 0 aromatic heterocycles. The van der Waals surface area contributed by atoms with Gasteiger partial charge in [0, 0.05) is 9.79 Å². The van der Waals surface area contributed by atoms with Crippen LogP contribution in [0.25, 0.3) is 6.08 Å². The second kappa shape index (κ2) is 4.42. The summed E-state index contributed by atoms with van der Waals surface area (Å²) in [6.45, 7) is 4.54. The van der Waals surface area contributed by atoms with E-state index in [4.69, 9.17) is 0 Å². The average molecular weight is 279 g/mol. The van der Waals surface area contributed by atoms with Gasteiger partial charge in [-0.1, -0.05) is 49.0 Å². The minimum absolute atomic E-state index is 0.477. The highest BCUT2D eigenvalue weighted by Crippen LogP contribution is 2.53. The Morgan fingerprint density at radius 2 is 1.85 bits per heavy atom. The van der Waals surface area contributed by atoms with E-state index in [0.717, 1.165) is 6.42 Å². The lowest BCUT2D eigenvalue weighted by atomic mass is 9.93. The minimum Gasteiger partial charge on any atom is -0.332 e. The van der Waals surface area contributed by atoms with Crippen molar-refractivity contribution in [2.75, 3.05) is 4.90 Å². The van der Waals surface area contributed by atoms with Crippen molar-refractivity contribution in [2.45, 2.75) is 36.1 Å². The second-order valence-corrected chi connectivity index (χ2v) is 6.53. The lowest BCUT2D eigenvalue weighted by molar-refractivity contribution is 0.698. The number of anilines is 2. The van der Waals surface area contributed by atoms with E-state index in [1.807, 2.05) is 11.8 Å². The highest BCUT2D eigenvalue weighted by Gasteiger charge is 2.33. The molecule has 0 aliphatic carbocycles. The molecule has 0 bridgehead atoms. The highest BCUT2D eigenvalue weighted by atomic mass is 32.2. The predicted octanol–water partition coefficient (Wildman–Crippen LogP) is 5.48. The van der Waals surface area contributed by atoms with Crippen LogP contribution in [-0.4, -0.2) is 6.04 Å². The van der Waals surface area contributed by atoms with Crippen molar-refractivity contribution in [1.82, 2.24) is 0 Å². The van der Waals surface area contributed by atoms with E-state index in [1.165, 1.54) is 32.3 Å². The van der Waals surface area contributed by atoms with Crippen LogP contribution < -0.4 is 4.90 Å². The van der Waals surface area contributed by atoms with E-state index >= 15 is 0 Å². The number of rotatable bonds is 1. The Hall–Kier alpha value is -1.67. The first kappa shape index (κ1) is 12.1. The summed E-state index contributed by atoms with van der Waals surface area (Å²) in [5, 5.41) is 0. The lowest BCUT2D eigenvalue weighted by Gasteiger charge is -2.42. The van der Waals surface area contributed by atoms with Crippen molar-refractivity contribution in [1.29, 1.82) is 0 Å². The molecule has 1 unspecified atom stereocenters. The highest BCUT2D eigenvalue weighted by molar-refractivity contribution is 7.99. The molecule has 2 heteroatoms. The number of para-hydroxylation sites is 2. The van der Waals surface area contributed by atoms with Crippen LogP contribution in [0.2, 0.25) is 0 Å². The third-order valence-corrected chi connectivity index (χ3v) is 5.34. The van der Waals surface area contributed by atoms with Gasteiger partial charge in [-0.05, 0) is 42.7 Å². The Balaban J connectivity index is 2.03. The van der Waals surface area contributed by atoms with Crippen LogP contribution in [0, 0.1) is 0 Å². The Morgan fingerprint density at radius 1 is 1.05 bits per heavy atom. The van der Waals surface area contributed by atoms with Gasteiger partial charge in [-0.3, -0.25) is 0 Å². The van der Waals surface area contributed by atoms with Crippen molar-refractivity contribution in [3.05, 3.63) is 53.6 Å². The molecular formula is C18H17NS. The molecule has 0 saturated carbocycles. The van der Waals surface area contributed by atoms with Gasteiger partial charge in [0.2, 0.25) is 0 Å². The first-order chi connectivity index (χ1) is 9.79. The maximum atomic E-state index is 2.55. The van der Waals surface area contributed by atoms with Crippen LogP contribution in [0.1, 0.15) is 25.8 Å². The van der Waals surface area contributed by atoms with Gasteiger partial charge in [-0.2, -0.15) is 0 Å². The topological polar surface area (TPSA) is 3.24 Å². The lowest BCUT2D eigenvalue weighted by Crippen LogP contribution is -2.36. The molecule has 2 aliphatic rings. The van der Waals surface area contributed by atoms with Crippen molar-refractivity contribution in [3.8, 4) is 0 Å². The van der Waals surface area contributed by atoms with Crippen LogP contribution in [-0.2, 0) is 0 Å². The molecule has 0 fully saturated rings. The van der Waals surface area contributed by atoms with Gasteiger partial charge in [0.05, 0.1) is 17.4 Å². The quantitative estimate of drug-likeness (QED) is 0.679. The summed E-state index contributed by atoms with van der Waals surface area (Å²) in [5.74, 6) is 0. The van der Waals surface area contributed by atoms with Gasteiger partial charge in [-0.15, -0.1) is 0 Å². The van der Waals surface area contributed by atoms with Crippen LogP contribution in [0.15, 0.2) is 57.8 Å². The molecule has 1 nitrogen and oxygen atoms in total. The third-order valence-electron chi connectivity index (χ3n) is 4.22. The molecule has 0 N–H and O–H groups in total. The van der Waals surface area contributed by atoms with Gasteiger partial charge in [-0.25, -0.2) is 0 Å². The van der Waals surface area contributed by atoms with E-state index in [1.54, 1.807) is 0 Å². The molecule has 100 valence electrons. The van der Waals surface area contributed by atoms with Crippen molar-refractivity contribution in [3.63, 3.8) is 0 Å². The standard InChI is InChI=1S/C18H17NS/c1-3-14-12(2)11-13-7-6-10-17-18(13)19(14)15-8-4-5-9-16(15)20-17/h4-11,14H,3H2,1-2H3. The first-order valence-corrected chi connectivity index (χ1v) is 7.98. The zero-order chi connectivity index (χ0) is 13.7. The van der Waals surface area contributed by atoms with Crippen molar-refractivity contribution < 1.29 is 0 Å². The monoisotopic (exact) mass is 279 g/mol. The zero-order valence-corrected chi connectivity index (χ0v) is 12.6. The molecule has 0 saturated heterocycles. The summed E-state index contributed by atoms with van der Waals surface area (Å²) in [6.07, 6.45) is 3.49. The van der Waals surface area contributed by atoms with Gasteiger partial charge >= 0.3 is 0 Å². The molecule has 2 aromatic carbocycles. The summed E-state index contributed by atoms with van der Waals surface area (Å²) < 4.78 is 0. The summed E-state index contributed by atoms with van der Waals surface area (Å²) in [7, 11) is 0. The maximum absolute atomic E-state index is 2.55. The summed E-state index contributed by atoms with van der Waals surface area (Å²) in [6, 6.07) is 15.9. The zero-order valence-electron chi connectivity index (χ0n) is 11.8. The van der Waals surface area contributed by atoms with E-state index in [0.29, 0.717) is 6.04 Å². The molecule has 0 radical (unpaired) electrons. The van der Waals surface area contributed by atoms with Gasteiger partial charge in [0.15, 0.2) is 0 Å². The Morgan fingerprint density at radius 3 is 2.70 bits per heavy atom. The minimum atomic E-state index is 0.477. The third kappa shape index (κ3) is 1.58. The molecule has 2 heterocycles. The Bertz CT molecular complexity index is 717. The number of hydrogen-bond donors (Lipinski definition) is 0. The maximum Gasteiger partial charge on any atom is 0.0632 e. The second-order valence-electron chi connectivity index (χ2n) is 5.45. The molecular weight excluding hydrogens is 262 g/mol. The summed E-state index contributed by atoms with van der Waals surface area (Å²) in [4.78, 5) is 5.29. The van der Waals surface area contributed by atoms with Crippen molar-refractivity contribution >= 4 is 29.2 Å². The number of hydrogen-bond acceptors (Lipinski definition) is 2. The fraction of sp³-hybridized carbons (Fsp3) is 0.222. The van der Waals surface area contributed by atoms with E-state index < -0.39 is 0 Å². The van der Waals surface area contributed by atoms with E-state index in [9.17, 15) is 0 Å². The van der Waals surface area contributed by atoms with Crippen LogP contribution in [0.4, 0.5) is 11.4 Å². The number of nitrogens with zero attached hydrogens (tertiary/aromatic N) is 1. The summed E-state index contributed by atoms with van der Waals surface area (Å²) >= 11 is 1.89. The smallest absolute Gasteiger partial charge is 0.0632 e. The number of fused-ring (bicyclic) bond motifs is 2. The fourth-order valence-electron chi connectivity index (χ4n) is 3.35. The van der Waals surface area contributed by atoms with Crippen LogP contribution >= 0.6 is 11.8 Å². The molecule has 2 aliphatic heterocycles. The molecule has 4 rings (SSSR count). The normalized spacial score (nSPS) is 19.2. The number of benzene rings is 2. The SMILES string of the molecule is CCC1C(C)=Cc2cccc3c2N1c1ccccc1S3. The van der Waals surface area contributed by atoms with E-state index in [-0.39, 0.29) is 0 Å². The molecule has 2 aromatic rings. The summed E-state index contributed by atoms with van der Waals surface area (Å²) in [5.41, 5.74) is 5.57. The van der Waals surface area contributed by atoms with Gasteiger partial charge in [0.25, 0.3) is 0 Å². The fourth-order valence-corrected chi connectivity index (χ4v) is 4.46. The Labute approximate surface area is 124 Å². The average Bonchev–Trinajstić information content (AvgIpc) is 2.47. The van der Waals surface area contributed by atoms with Crippen molar-refractivity contribution in [2.24, 2.45) is 0 Å². The van der Waals surface area contributed by atoms with E-state index in [2.05, 4.69) is 67.3 Å². The molecule has 1 atom stereocenters. The van der Waals surface area contributed by atoms with Gasteiger partial charge in [0.1, 0.15) is 0 Å². The first-order valence-electron chi connectivity index (χ1n) is 7.17. The Kier molecular flexibility index (Phi) is 2.67. The predicted molar refractivity (Wildman–Crippen MR) is 86.9 cm³/mol.